The van der Waals surface area contributed by atoms with Gasteiger partial charge in [0.05, 0.1) is 34.9 Å². The number of fused-ring (bicyclic) bond motifs is 2. The van der Waals surface area contributed by atoms with Crippen LogP contribution in [0.25, 0.3) is 44.1 Å². The van der Waals surface area contributed by atoms with Gasteiger partial charge in [-0.25, -0.2) is 18.7 Å². The number of ketones is 1. The van der Waals surface area contributed by atoms with Crippen LogP contribution in [0.4, 0.5) is 20.5 Å². The number of piperazine rings is 1. The summed E-state index contributed by atoms with van der Waals surface area (Å²) in [5.41, 5.74) is 0.852. The number of likely N-dealkylation sites (tertiary alicyclic amines) is 1. The number of aromatic hydroxyl groups is 1. The molecule has 2 aromatic heterocycles. The first-order valence-electron chi connectivity index (χ1n) is 26.0. The molecule has 1 saturated carbocycles. The Labute approximate surface area is 444 Å². The van der Waals surface area contributed by atoms with Crippen molar-refractivity contribution in [1.29, 1.82) is 0 Å². The average Bonchev–Trinajstić information content (AvgIpc) is 4.12. The molecular weight excluding hydrogens is 1000 g/mol. The van der Waals surface area contributed by atoms with Crippen molar-refractivity contribution in [3.05, 3.63) is 87.7 Å². The second kappa shape index (κ2) is 23.6. The minimum absolute atomic E-state index is 0.0257. The number of phenols is 1. The molecule has 0 bridgehead atoms. The van der Waals surface area contributed by atoms with Crippen LogP contribution in [0.3, 0.4) is 0 Å². The quantitative estimate of drug-likeness (QED) is 0.0745. The summed E-state index contributed by atoms with van der Waals surface area (Å²) in [4.78, 5) is 74.8. The first-order valence-corrected chi connectivity index (χ1v) is 27.2. The summed E-state index contributed by atoms with van der Waals surface area (Å²) in [5.74, 6) is -1.47. The highest BCUT2D eigenvalue weighted by atomic mass is 35.5. The van der Waals surface area contributed by atoms with Gasteiger partial charge in [-0.3, -0.25) is 19.2 Å². The van der Waals surface area contributed by atoms with Crippen molar-refractivity contribution in [3.63, 3.8) is 0 Å². The molecule has 6 aromatic rings. The summed E-state index contributed by atoms with van der Waals surface area (Å²) < 4.78 is 38.0. The number of phenolic OH excluding ortho intramolecular Hbond substituents is 1. The standard InChI is InChI=1S/C56H64ClF2N9O6S/c1-33(60-3)46(71)31-39(35-12-6-5-7-13-35)55(73)68-23-11-17-44(68)54-62-43(32-75-54)37-19-20-47(38-15-9-8-14-36(37)38)74-29-28-65(4)48(72)21-22-61-56-63-52-40(53(64-56)67-26-24-66(25-27-67)34(2)69)30-41(57)49(51(52)59)50-42(58)16-10-18-45(50)70/h8-10,14-16,18-20,30,32-33,35,39,44,60,70H,5-7,11-13,17,21-29,31H2,1-4H3,(H,61,63,64)/t33-,39-,44-/m0/s1. The van der Waals surface area contributed by atoms with Gasteiger partial charge in [0.15, 0.2) is 5.82 Å². The number of thiazole rings is 1. The third-order valence-electron chi connectivity index (χ3n) is 15.2. The summed E-state index contributed by atoms with van der Waals surface area (Å²) in [7, 11) is 3.47. The van der Waals surface area contributed by atoms with E-state index in [1.165, 1.54) is 31.5 Å². The van der Waals surface area contributed by atoms with Gasteiger partial charge in [-0.15, -0.1) is 11.3 Å². The first-order chi connectivity index (χ1) is 36.2. The summed E-state index contributed by atoms with van der Waals surface area (Å²) in [5, 5.41) is 21.6. The van der Waals surface area contributed by atoms with Crippen LogP contribution in [0, 0.1) is 23.5 Å². The molecule has 3 N–H and O–H groups in total. The van der Waals surface area contributed by atoms with Crippen LogP contribution in [0.15, 0.2) is 66.0 Å². The predicted octanol–water partition coefficient (Wildman–Crippen LogP) is 9.65. The number of rotatable bonds is 18. The van der Waals surface area contributed by atoms with E-state index in [0.29, 0.717) is 44.3 Å². The summed E-state index contributed by atoms with van der Waals surface area (Å²) in [6, 6.07) is 16.5. The van der Waals surface area contributed by atoms with Crippen LogP contribution in [0.5, 0.6) is 11.5 Å². The highest BCUT2D eigenvalue weighted by molar-refractivity contribution is 7.10. The lowest BCUT2D eigenvalue weighted by Crippen LogP contribution is -2.48. The number of likely N-dealkylation sites (N-methyl/N-ethyl adjacent to an activating group) is 2. The van der Waals surface area contributed by atoms with Gasteiger partial charge in [0.1, 0.15) is 46.0 Å². The van der Waals surface area contributed by atoms with E-state index in [0.717, 1.165) is 71.6 Å². The van der Waals surface area contributed by atoms with E-state index in [1.807, 2.05) is 53.1 Å². The largest absolute Gasteiger partial charge is 0.507 e. The summed E-state index contributed by atoms with van der Waals surface area (Å²) >= 11 is 8.18. The molecule has 2 aliphatic heterocycles. The number of nitrogens with one attached hydrogen (secondary N) is 2. The number of carbonyl (C=O) groups excluding carboxylic acids is 4. The van der Waals surface area contributed by atoms with Crippen LogP contribution >= 0.6 is 22.9 Å². The molecule has 396 valence electrons. The Kier molecular flexibility index (Phi) is 16.8. The number of amides is 3. The highest BCUT2D eigenvalue weighted by Crippen LogP contribution is 2.44. The molecule has 1 aliphatic carbocycles. The minimum Gasteiger partial charge on any atom is -0.507 e. The van der Waals surface area contributed by atoms with Gasteiger partial charge in [0.25, 0.3) is 0 Å². The number of ether oxygens (including phenoxy) is 1. The Hall–Kier alpha value is -6.50. The van der Waals surface area contributed by atoms with Gasteiger partial charge < -0.3 is 40.1 Å². The SMILES string of the molecule is CN[C@@H](C)C(=O)C[C@H](C(=O)N1CCC[C@H]1c1nc(-c2ccc(OCCN(C)C(=O)CCNc3nc(N4CCN(C(C)=O)CC4)c4cc(Cl)c(-c5c(O)cccc5F)c(F)c4n3)c3ccccc23)cs1)C1CCCCC1. The van der Waals surface area contributed by atoms with Gasteiger partial charge in [0, 0.05) is 99.3 Å². The fraction of sp³-hybridized carbons (Fsp3) is 0.446. The van der Waals surface area contributed by atoms with Crippen molar-refractivity contribution in [2.45, 2.75) is 83.7 Å². The lowest BCUT2D eigenvalue weighted by Gasteiger charge is -2.35. The normalized spacial score (nSPS) is 17.1. The topological polar surface area (TPSA) is 173 Å². The molecule has 3 fully saturated rings. The van der Waals surface area contributed by atoms with E-state index in [1.54, 1.807) is 35.2 Å². The number of carbonyl (C=O) groups is 4. The van der Waals surface area contributed by atoms with Crippen LogP contribution < -0.4 is 20.3 Å². The summed E-state index contributed by atoms with van der Waals surface area (Å²) in [6.45, 7) is 6.23. The van der Waals surface area contributed by atoms with E-state index in [9.17, 15) is 24.3 Å². The van der Waals surface area contributed by atoms with Crippen LogP contribution in [0.2, 0.25) is 5.02 Å². The van der Waals surface area contributed by atoms with Gasteiger partial charge in [-0.05, 0) is 81.3 Å². The molecule has 19 heteroatoms. The molecule has 4 heterocycles. The number of halogens is 3. The molecule has 3 aliphatic rings. The van der Waals surface area contributed by atoms with Gasteiger partial charge >= 0.3 is 0 Å². The Morgan fingerprint density at radius 1 is 0.907 bits per heavy atom. The number of hydrogen-bond acceptors (Lipinski definition) is 13. The Bertz CT molecular complexity index is 3070. The average molecular weight is 1060 g/mol. The molecule has 2 saturated heterocycles. The van der Waals surface area contributed by atoms with E-state index < -0.39 is 22.9 Å². The van der Waals surface area contributed by atoms with Gasteiger partial charge in [-0.2, -0.15) is 4.98 Å². The van der Waals surface area contributed by atoms with Crippen molar-refractivity contribution in [2.75, 3.05) is 76.7 Å². The van der Waals surface area contributed by atoms with Gasteiger partial charge in [0.2, 0.25) is 23.7 Å². The molecule has 4 aromatic carbocycles. The number of anilines is 2. The molecular formula is C56H64ClF2N9O6S. The van der Waals surface area contributed by atoms with Crippen LogP contribution in [-0.2, 0) is 19.2 Å². The van der Waals surface area contributed by atoms with Crippen LogP contribution in [0.1, 0.15) is 82.7 Å². The van der Waals surface area contributed by atoms with Crippen LogP contribution in [-0.4, -0.2) is 131 Å². The maximum atomic E-state index is 16.6. The number of hydrogen-bond donors (Lipinski definition) is 3. The van der Waals surface area contributed by atoms with Crippen molar-refractivity contribution < 1.29 is 37.8 Å². The van der Waals surface area contributed by atoms with Crippen molar-refractivity contribution >= 4 is 79.9 Å². The molecule has 0 spiro atoms. The second-order valence-corrected chi connectivity index (χ2v) is 21.2. The van der Waals surface area contributed by atoms with Crippen molar-refractivity contribution in [3.8, 4) is 33.9 Å². The number of benzene rings is 4. The summed E-state index contributed by atoms with van der Waals surface area (Å²) in [6.07, 6.45) is 7.33. The number of aromatic nitrogens is 3. The first kappa shape index (κ1) is 53.3. The number of Topliss-reactive ketones (excluding diaryl/α,β-unsaturated/α-hetero) is 1. The molecule has 75 heavy (non-hydrogen) atoms. The smallest absolute Gasteiger partial charge is 0.227 e. The predicted molar refractivity (Wildman–Crippen MR) is 289 cm³/mol. The monoisotopic (exact) mass is 1060 g/mol. The zero-order valence-electron chi connectivity index (χ0n) is 42.8. The maximum absolute atomic E-state index is 16.6. The lowest BCUT2D eigenvalue weighted by molar-refractivity contribution is -0.141. The lowest BCUT2D eigenvalue weighted by atomic mass is 9.76. The maximum Gasteiger partial charge on any atom is 0.227 e. The third-order valence-corrected chi connectivity index (χ3v) is 16.5. The molecule has 15 nitrogen and oxygen atoms in total. The Balaban J connectivity index is 0.848. The molecule has 0 radical (unpaired) electrons. The second-order valence-electron chi connectivity index (χ2n) is 19.9. The Morgan fingerprint density at radius 2 is 1.67 bits per heavy atom. The van der Waals surface area contributed by atoms with Crippen molar-refractivity contribution in [2.24, 2.45) is 11.8 Å². The fourth-order valence-corrected chi connectivity index (χ4v) is 12.1. The highest BCUT2D eigenvalue weighted by Gasteiger charge is 2.40. The van der Waals surface area contributed by atoms with Crippen molar-refractivity contribution in [1.82, 2.24) is 35.0 Å². The van der Waals surface area contributed by atoms with E-state index in [2.05, 4.69) is 21.0 Å². The minimum atomic E-state index is -0.951. The third kappa shape index (κ3) is 11.5. The number of nitrogens with zero attached hydrogens (tertiary/aromatic N) is 7. The molecule has 0 unspecified atom stereocenters. The van der Waals surface area contributed by atoms with E-state index in [-0.39, 0.29) is 107 Å². The zero-order chi connectivity index (χ0) is 52.9. The van der Waals surface area contributed by atoms with Gasteiger partial charge in [-0.1, -0.05) is 61.2 Å². The van der Waals surface area contributed by atoms with E-state index >= 15 is 8.78 Å². The fourth-order valence-electron chi connectivity index (χ4n) is 10.8. The molecule has 9 rings (SSSR count). The van der Waals surface area contributed by atoms with E-state index in [4.69, 9.17) is 26.3 Å². The molecule has 3 atom stereocenters. The Morgan fingerprint density at radius 3 is 2.40 bits per heavy atom. The molecule has 3 amide bonds. The zero-order valence-corrected chi connectivity index (χ0v) is 44.4.